The van der Waals surface area contributed by atoms with Crippen LogP contribution in [-0.2, 0) is 16.1 Å². The molecular weight excluding hydrogens is 548 g/mol. The molecule has 7 nitrogen and oxygen atoms in total. The minimum Gasteiger partial charge on any atom is -0.493 e. The Morgan fingerprint density at radius 1 is 1.07 bits per heavy atom. The van der Waals surface area contributed by atoms with Crippen LogP contribution in [0.4, 0.5) is 0 Å². The molecule has 0 N–H and O–H groups in total. The van der Waals surface area contributed by atoms with E-state index in [-0.39, 0.29) is 5.56 Å². The first-order valence-corrected chi connectivity index (χ1v) is 13.9. The summed E-state index contributed by atoms with van der Waals surface area (Å²) in [7, 11) is 2.87. The zero-order valence-electron chi connectivity index (χ0n) is 22.2. The molecule has 0 radical (unpaired) electrons. The first-order valence-electron chi connectivity index (χ1n) is 12.7. The van der Waals surface area contributed by atoms with Crippen LogP contribution in [0.15, 0.2) is 93.9 Å². The fourth-order valence-electron chi connectivity index (χ4n) is 4.66. The Labute approximate surface area is 240 Å². The first kappa shape index (κ1) is 27.4. The van der Waals surface area contributed by atoms with Gasteiger partial charge in [0.05, 0.1) is 41.1 Å². The standard InChI is InChI=1S/C31H27ClN2O5S/c1-4-23-26(30(36)38-3)27(21-13-9-6-10-14-21)34-29(35)25(40-31(34)33-23)17-20-15-22(32)28(24(16-20)37-2)39-18-19-11-7-5-8-12-19/h5-17,27H,4,18H2,1-3H3/b25-17-/t27-/m0/s1. The van der Waals surface area contributed by atoms with Gasteiger partial charge in [-0.25, -0.2) is 9.79 Å². The lowest BCUT2D eigenvalue weighted by Gasteiger charge is -2.25. The average molecular weight is 575 g/mol. The SMILES string of the molecule is CCC1=C(C(=O)OC)[C@H](c2ccccc2)n2c(s/c(=C\c3cc(Cl)c(OCc4ccccc4)c(OC)c3)c2=O)=N1. The topological polar surface area (TPSA) is 79.1 Å². The quantitative estimate of drug-likeness (QED) is 0.276. The highest BCUT2D eigenvalue weighted by molar-refractivity contribution is 7.07. The van der Waals surface area contributed by atoms with Gasteiger partial charge in [0.15, 0.2) is 16.3 Å². The molecule has 0 aliphatic carbocycles. The largest absolute Gasteiger partial charge is 0.493 e. The van der Waals surface area contributed by atoms with Crippen molar-refractivity contribution < 1.29 is 19.0 Å². The third-order valence-electron chi connectivity index (χ3n) is 6.54. The average Bonchev–Trinajstić information content (AvgIpc) is 3.29. The molecule has 0 saturated heterocycles. The molecule has 1 aliphatic rings. The van der Waals surface area contributed by atoms with Crippen molar-refractivity contribution in [3.63, 3.8) is 0 Å². The first-order chi connectivity index (χ1) is 19.4. The lowest BCUT2D eigenvalue weighted by Crippen LogP contribution is -2.40. The van der Waals surface area contributed by atoms with Crippen molar-refractivity contribution in [1.29, 1.82) is 0 Å². The highest BCUT2D eigenvalue weighted by Gasteiger charge is 2.33. The summed E-state index contributed by atoms with van der Waals surface area (Å²) in [5, 5.41) is 0.359. The Hall–Kier alpha value is -4.14. The monoisotopic (exact) mass is 574 g/mol. The number of benzene rings is 3. The van der Waals surface area contributed by atoms with E-state index in [1.54, 1.807) is 29.9 Å². The van der Waals surface area contributed by atoms with Crippen molar-refractivity contribution in [2.24, 2.45) is 4.99 Å². The molecule has 9 heteroatoms. The van der Waals surface area contributed by atoms with Gasteiger partial charge in [-0.15, -0.1) is 0 Å². The van der Waals surface area contributed by atoms with Crippen LogP contribution in [0, 0.1) is 0 Å². The normalized spacial score (nSPS) is 14.9. The predicted molar refractivity (Wildman–Crippen MR) is 156 cm³/mol. The Kier molecular flexibility index (Phi) is 8.19. The minimum absolute atomic E-state index is 0.270. The third kappa shape index (κ3) is 5.33. The molecule has 0 spiro atoms. The molecule has 3 aromatic carbocycles. The number of nitrogens with zero attached hydrogens (tertiary/aromatic N) is 2. The van der Waals surface area contributed by atoms with Crippen molar-refractivity contribution >= 4 is 35.0 Å². The summed E-state index contributed by atoms with van der Waals surface area (Å²) >= 11 is 7.87. The van der Waals surface area contributed by atoms with Gasteiger partial charge in [-0.1, -0.05) is 90.5 Å². The number of methoxy groups -OCH3 is 2. The number of esters is 1. The van der Waals surface area contributed by atoms with E-state index in [1.807, 2.05) is 67.6 Å². The lowest BCUT2D eigenvalue weighted by atomic mass is 9.95. The molecule has 4 aromatic rings. The Bertz CT molecular complexity index is 1760. The van der Waals surface area contributed by atoms with Gasteiger partial charge in [-0.2, -0.15) is 0 Å². The van der Waals surface area contributed by atoms with Crippen LogP contribution in [0.2, 0.25) is 5.02 Å². The fraction of sp³-hybridized carbons (Fsp3) is 0.194. The van der Waals surface area contributed by atoms with Crippen molar-refractivity contribution in [2.45, 2.75) is 26.0 Å². The highest BCUT2D eigenvalue weighted by atomic mass is 35.5. The maximum absolute atomic E-state index is 13.8. The molecule has 2 heterocycles. The molecule has 0 saturated carbocycles. The van der Waals surface area contributed by atoms with E-state index in [1.165, 1.54) is 18.4 Å². The minimum atomic E-state index is -0.658. The molecule has 1 aromatic heterocycles. The number of rotatable bonds is 8. The van der Waals surface area contributed by atoms with Gasteiger partial charge < -0.3 is 14.2 Å². The Morgan fingerprint density at radius 3 is 2.42 bits per heavy atom. The molecule has 0 unspecified atom stereocenters. The molecule has 5 rings (SSSR count). The van der Waals surface area contributed by atoms with E-state index in [9.17, 15) is 9.59 Å². The van der Waals surface area contributed by atoms with E-state index in [0.29, 0.717) is 55.7 Å². The summed E-state index contributed by atoms with van der Waals surface area (Å²) in [6.45, 7) is 2.25. The molecule has 1 aliphatic heterocycles. The molecule has 40 heavy (non-hydrogen) atoms. The fourth-order valence-corrected chi connectivity index (χ4v) is 5.95. The Morgan fingerprint density at radius 2 is 1.77 bits per heavy atom. The van der Waals surface area contributed by atoms with Crippen LogP contribution in [0.5, 0.6) is 11.5 Å². The maximum atomic E-state index is 13.8. The van der Waals surface area contributed by atoms with E-state index in [2.05, 4.69) is 0 Å². The van der Waals surface area contributed by atoms with Crippen LogP contribution in [0.3, 0.4) is 0 Å². The van der Waals surface area contributed by atoms with Crippen LogP contribution in [0.25, 0.3) is 6.08 Å². The lowest BCUT2D eigenvalue weighted by molar-refractivity contribution is -0.136. The summed E-state index contributed by atoms with van der Waals surface area (Å²) in [6.07, 6.45) is 2.25. The van der Waals surface area contributed by atoms with E-state index < -0.39 is 12.0 Å². The smallest absolute Gasteiger partial charge is 0.338 e. The predicted octanol–water partition coefficient (Wildman–Crippen LogP) is 5.04. The Balaban J connectivity index is 1.60. The van der Waals surface area contributed by atoms with E-state index in [4.69, 9.17) is 30.8 Å². The van der Waals surface area contributed by atoms with Crippen LogP contribution >= 0.6 is 22.9 Å². The van der Waals surface area contributed by atoms with Gasteiger partial charge in [0.2, 0.25) is 0 Å². The molecule has 204 valence electrons. The van der Waals surface area contributed by atoms with E-state index >= 15 is 0 Å². The molecule has 1 atom stereocenters. The summed E-state index contributed by atoms with van der Waals surface area (Å²) in [4.78, 5) is 32.0. The van der Waals surface area contributed by atoms with Gasteiger partial charge in [0, 0.05) is 0 Å². The van der Waals surface area contributed by atoms with Gasteiger partial charge in [-0.05, 0) is 41.3 Å². The van der Waals surface area contributed by atoms with Crippen molar-refractivity contribution in [2.75, 3.05) is 14.2 Å². The van der Waals surface area contributed by atoms with Crippen LogP contribution in [0.1, 0.15) is 36.1 Å². The van der Waals surface area contributed by atoms with Gasteiger partial charge in [0.25, 0.3) is 5.56 Å². The maximum Gasteiger partial charge on any atom is 0.338 e. The van der Waals surface area contributed by atoms with E-state index in [0.717, 1.165) is 11.1 Å². The summed E-state index contributed by atoms with van der Waals surface area (Å²) in [5.41, 5.74) is 3.14. The van der Waals surface area contributed by atoms with Crippen molar-refractivity contribution in [1.82, 2.24) is 4.57 Å². The highest BCUT2D eigenvalue weighted by Crippen LogP contribution is 2.37. The zero-order valence-corrected chi connectivity index (χ0v) is 23.8. The second kappa shape index (κ2) is 11.9. The van der Waals surface area contributed by atoms with Crippen LogP contribution in [-0.4, -0.2) is 24.8 Å². The number of halogens is 1. The van der Waals surface area contributed by atoms with Crippen LogP contribution < -0.4 is 24.4 Å². The second-order valence-electron chi connectivity index (χ2n) is 9.01. The van der Waals surface area contributed by atoms with Gasteiger partial charge in [-0.3, -0.25) is 9.36 Å². The van der Waals surface area contributed by atoms with Gasteiger partial charge >= 0.3 is 5.97 Å². The molecule has 0 amide bonds. The number of hydrogen-bond donors (Lipinski definition) is 0. The number of allylic oxidation sites excluding steroid dienone is 1. The number of thiazole rings is 1. The second-order valence-corrected chi connectivity index (χ2v) is 10.4. The number of fused-ring (bicyclic) bond motifs is 1. The molecular formula is C31H27ClN2O5S. The number of ether oxygens (including phenoxy) is 3. The number of aromatic nitrogens is 1. The summed E-state index contributed by atoms with van der Waals surface area (Å²) < 4.78 is 18.7. The van der Waals surface area contributed by atoms with Crippen molar-refractivity contribution in [3.8, 4) is 11.5 Å². The summed E-state index contributed by atoms with van der Waals surface area (Å²) in [5.74, 6) is 0.364. The number of carbonyl (C=O) groups excluding carboxylic acids is 1. The zero-order chi connectivity index (χ0) is 28.2. The van der Waals surface area contributed by atoms with Gasteiger partial charge in [0.1, 0.15) is 6.61 Å². The molecule has 0 bridgehead atoms. The number of hydrogen-bond acceptors (Lipinski definition) is 7. The summed E-state index contributed by atoms with van der Waals surface area (Å²) in [6, 6.07) is 22.0. The molecule has 0 fully saturated rings. The third-order valence-corrected chi connectivity index (χ3v) is 7.80. The van der Waals surface area contributed by atoms with Crippen molar-refractivity contribution in [3.05, 3.63) is 125 Å². The number of carbonyl (C=O) groups is 1.